The largest absolute Gasteiger partial charge is 0.370 e. The lowest BCUT2D eigenvalue weighted by Crippen LogP contribution is -3.14. The van der Waals surface area contributed by atoms with Gasteiger partial charge in [-0.15, -0.1) is 0 Å². The molecular formula is C12H24N3O3+. The normalized spacial score (nSPS) is 18.1. The van der Waals surface area contributed by atoms with Gasteiger partial charge in [0.05, 0.1) is 26.3 Å². The SMILES string of the molecule is CC[C@H](C)NC(=O)C(=O)NCC[NH+]1CCOCC1. The molecule has 6 heteroatoms. The van der Waals surface area contributed by atoms with Gasteiger partial charge < -0.3 is 20.3 Å². The lowest BCUT2D eigenvalue weighted by molar-refractivity contribution is -0.906. The molecule has 18 heavy (non-hydrogen) atoms. The van der Waals surface area contributed by atoms with Gasteiger partial charge in [-0.3, -0.25) is 9.59 Å². The number of hydrogen-bond donors (Lipinski definition) is 3. The summed E-state index contributed by atoms with van der Waals surface area (Å²) in [5.41, 5.74) is 0. The molecule has 2 amide bonds. The van der Waals surface area contributed by atoms with E-state index in [-0.39, 0.29) is 6.04 Å². The quantitative estimate of drug-likeness (QED) is 0.496. The van der Waals surface area contributed by atoms with Crippen molar-refractivity contribution in [1.29, 1.82) is 0 Å². The summed E-state index contributed by atoms with van der Waals surface area (Å²) in [5.74, 6) is -1.08. The highest BCUT2D eigenvalue weighted by Gasteiger charge is 2.17. The molecule has 0 unspecified atom stereocenters. The van der Waals surface area contributed by atoms with Crippen LogP contribution in [0.15, 0.2) is 0 Å². The lowest BCUT2D eigenvalue weighted by Gasteiger charge is -2.23. The van der Waals surface area contributed by atoms with Crippen LogP contribution in [0.1, 0.15) is 20.3 Å². The van der Waals surface area contributed by atoms with Crippen molar-refractivity contribution in [2.75, 3.05) is 39.4 Å². The number of nitrogens with one attached hydrogen (secondary N) is 3. The third-order valence-electron chi connectivity index (χ3n) is 3.16. The highest BCUT2D eigenvalue weighted by atomic mass is 16.5. The van der Waals surface area contributed by atoms with Gasteiger partial charge in [0.2, 0.25) is 0 Å². The summed E-state index contributed by atoms with van der Waals surface area (Å²) in [6, 6.07) is 0.0353. The second-order valence-electron chi connectivity index (χ2n) is 4.65. The zero-order chi connectivity index (χ0) is 13.4. The average molecular weight is 258 g/mol. The van der Waals surface area contributed by atoms with Crippen molar-refractivity contribution in [2.24, 2.45) is 0 Å². The second kappa shape index (κ2) is 8.05. The van der Waals surface area contributed by atoms with E-state index in [1.807, 2.05) is 13.8 Å². The molecule has 1 heterocycles. The maximum atomic E-state index is 11.5. The van der Waals surface area contributed by atoms with E-state index in [2.05, 4.69) is 10.6 Å². The number of hydrogen-bond acceptors (Lipinski definition) is 3. The van der Waals surface area contributed by atoms with Crippen LogP contribution in [0.4, 0.5) is 0 Å². The van der Waals surface area contributed by atoms with Crippen LogP contribution in [-0.4, -0.2) is 57.2 Å². The third-order valence-corrected chi connectivity index (χ3v) is 3.16. The summed E-state index contributed by atoms with van der Waals surface area (Å²) >= 11 is 0. The molecule has 1 atom stereocenters. The molecular weight excluding hydrogens is 234 g/mol. The van der Waals surface area contributed by atoms with E-state index in [9.17, 15) is 9.59 Å². The van der Waals surface area contributed by atoms with Gasteiger partial charge in [0.25, 0.3) is 0 Å². The first-order chi connectivity index (χ1) is 8.63. The minimum absolute atomic E-state index is 0.0353. The Morgan fingerprint density at radius 2 is 1.94 bits per heavy atom. The molecule has 0 saturated carbocycles. The van der Waals surface area contributed by atoms with Gasteiger partial charge in [-0.25, -0.2) is 0 Å². The van der Waals surface area contributed by atoms with Gasteiger partial charge in [-0.05, 0) is 13.3 Å². The third kappa shape index (κ3) is 5.46. The first-order valence-electron chi connectivity index (χ1n) is 6.63. The van der Waals surface area contributed by atoms with Gasteiger partial charge in [-0.2, -0.15) is 0 Å². The van der Waals surface area contributed by atoms with Crippen LogP contribution in [0.3, 0.4) is 0 Å². The minimum Gasteiger partial charge on any atom is -0.370 e. The van der Waals surface area contributed by atoms with E-state index >= 15 is 0 Å². The minimum atomic E-state index is -0.540. The fourth-order valence-corrected chi connectivity index (χ4v) is 1.73. The predicted molar refractivity (Wildman–Crippen MR) is 67.3 cm³/mol. The van der Waals surface area contributed by atoms with Crippen molar-refractivity contribution in [3.63, 3.8) is 0 Å². The topological polar surface area (TPSA) is 71.9 Å². The number of rotatable bonds is 5. The Kier molecular flexibility index (Phi) is 6.67. The average Bonchev–Trinajstić information content (AvgIpc) is 2.39. The van der Waals surface area contributed by atoms with Crippen molar-refractivity contribution in [3.05, 3.63) is 0 Å². The Balaban J connectivity index is 2.13. The molecule has 1 rings (SSSR count). The number of ether oxygens (including phenoxy) is 1. The lowest BCUT2D eigenvalue weighted by atomic mass is 10.2. The zero-order valence-electron chi connectivity index (χ0n) is 11.3. The van der Waals surface area contributed by atoms with Crippen molar-refractivity contribution >= 4 is 11.8 Å². The zero-order valence-corrected chi connectivity index (χ0v) is 11.3. The fraction of sp³-hybridized carbons (Fsp3) is 0.833. The van der Waals surface area contributed by atoms with E-state index in [0.717, 1.165) is 39.3 Å². The Hall–Kier alpha value is -1.14. The Labute approximate surface area is 108 Å². The summed E-state index contributed by atoms with van der Waals surface area (Å²) in [6.45, 7) is 8.70. The molecule has 0 aromatic carbocycles. The number of amides is 2. The van der Waals surface area contributed by atoms with Crippen LogP contribution in [0.5, 0.6) is 0 Å². The molecule has 0 aliphatic carbocycles. The number of carbonyl (C=O) groups is 2. The van der Waals surface area contributed by atoms with E-state index in [1.165, 1.54) is 4.90 Å². The monoisotopic (exact) mass is 258 g/mol. The molecule has 0 spiro atoms. The number of quaternary nitrogens is 1. The predicted octanol–water partition coefficient (Wildman–Crippen LogP) is -2.07. The molecule has 3 N–H and O–H groups in total. The van der Waals surface area contributed by atoms with Crippen molar-refractivity contribution in [2.45, 2.75) is 26.3 Å². The maximum absolute atomic E-state index is 11.5. The molecule has 104 valence electrons. The summed E-state index contributed by atoms with van der Waals surface area (Å²) in [7, 11) is 0. The summed E-state index contributed by atoms with van der Waals surface area (Å²) < 4.78 is 5.25. The van der Waals surface area contributed by atoms with Gasteiger partial charge >= 0.3 is 11.8 Å². The Morgan fingerprint density at radius 3 is 2.56 bits per heavy atom. The molecule has 0 aromatic heterocycles. The van der Waals surface area contributed by atoms with Crippen LogP contribution < -0.4 is 15.5 Å². The van der Waals surface area contributed by atoms with Gasteiger partial charge in [0.1, 0.15) is 13.1 Å². The van der Waals surface area contributed by atoms with Crippen LogP contribution in [0.25, 0.3) is 0 Å². The van der Waals surface area contributed by atoms with Crippen LogP contribution >= 0.6 is 0 Å². The molecule has 1 aliphatic heterocycles. The molecule has 1 saturated heterocycles. The van der Waals surface area contributed by atoms with Crippen LogP contribution in [0, 0.1) is 0 Å². The van der Waals surface area contributed by atoms with Crippen LogP contribution in [-0.2, 0) is 14.3 Å². The highest BCUT2D eigenvalue weighted by Crippen LogP contribution is 1.86. The molecule has 0 radical (unpaired) electrons. The van der Waals surface area contributed by atoms with E-state index in [1.54, 1.807) is 0 Å². The van der Waals surface area contributed by atoms with E-state index < -0.39 is 11.8 Å². The first kappa shape index (κ1) is 14.9. The van der Waals surface area contributed by atoms with Gasteiger partial charge in [0.15, 0.2) is 0 Å². The standard InChI is InChI=1S/C12H23N3O3/c1-3-10(2)14-12(17)11(16)13-4-5-15-6-8-18-9-7-15/h10H,3-9H2,1-2H3,(H,13,16)(H,14,17)/p+1/t10-/m0/s1. The fourth-order valence-electron chi connectivity index (χ4n) is 1.73. The second-order valence-corrected chi connectivity index (χ2v) is 4.65. The van der Waals surface area contributed by atoms with Gasteiger partial charge in [-0.1, -0.05) is 6.92 Å². The maximum Gasteiger partial charge on any atom is 0.309 e. The van der Waals surface area contributed by atoms with Crippen molar-refractivity contribution in [1.82, 2.24) is 10.6 Å². The molecule has 6 nitrogen and oxygen atoms in total. The van der Waals surface area contributed by atoms with Gasteiger partial charge in [0, 0.05) is 6.04 Å². The molecule has 0 aromatic rings. The summed E-state index contributed by atoms with van der Waals surface area (Å²) in [6.07, 6.45) is 0.816. The van der Waals surface area contributed by atoms with E-state index in [0.29, 0.717) is 6.54 Å². The summed E-state index contributed by atoms with van der Waals surface area (Å²) in [5, 5.41) is 5.29. The molecule has 1 fully saturated rings. The smallest absolute Gasteiger partial charge is 0.309 e. The Morgan fingerprint density at radius 1 is 1.28 bits per heavy atom. The van der Waals surface area contributed by atoms with E-state index in [4.69, 9.17) is 4.74 Å². The molecule has 0 bridgehead atoms. The van der Waals surface area contributed by atoms with Crippen molar-refractivity contribution in [3.8, 4) is 0 Å². The summed E-state index contributed by atoms with van der Waals surface area (Å²) in [4.78, 5) is 24.3. The Bertz CT molecular complexity index is 278. The number of morpholine rings is 1. The van der Waals surface area contributed by atoms with Crippen molar-refractivity contribution < 1.29 is 19.2 Å². The molecule has 1 aliphatic rings. The number of carbonyl (C=O) groups excluding carboxylic acids is 2. The van der Waals surface area contributed by atoms with Crippen LogP contribution in [0.2, 0.25) is 0 Å². The highest BCUT2D eigenvalue weighted by molar-refractivity contribution is 6.35. The first-order valence-corrected chi connectivity index (χ1v) is 6.63.